The molecule has 84 valence electrons. The van der Waals surface area contributed by atoms with Crippen molar-refractivity contribution >= 4 is 5.97 Å². The first kappa shape index (κ1) is 13.4. The maximum atomic E-state index is 10.9. The van der Waals surface area contributed by atoms with Crippen LogP contribution in [0.5, 0.6) is 0 Å². The van der Waals surface area contributed by atoms with E-state index in [1.165, 1.54) is 0 Å². The molecule has 0 aromatic rings. The van der Waals surface area contributed by atoms with Gasteiger partial charge in [0.05, 0.1) is 6.61 Å². The quantitative estimate of drug-likeness (QED) is 0.526. The van der Waals surface area contributed by atoms with Gasteiger partial charge in [0.2, 0.25) is 0 Å². The maximum Gasteiger partial charge on any atom is 0.332 e. The average Bonchev–Trinajstić information content (AvgIpc) is 2.21. The van der Waals surface area contributed by atoms with E-state index in [9.17, 15) is 4.79 Å². The van der Waals surface area contributed by atoms with Crippen LogP contribution in [0, 0.1) is 5.92 Å². The molecule has 0 saturated carbocycles. The molecule has 0 aromatic carbocycles. The highest BCUT2D eigenvalue weighted by Gasteiger charge is 2.07. The first-order chi connectivity index (χ1) is 6.74. The third kappa shape index (κ3) is 6.82. The normalized spacial score (nSPS) is 10.6. The third-order valence-corrected chi connectivity index (χ3v) is 1.73. The average molecular weight is 206 g/mol. The zero-order valence-corrected chi connectivity index (χ0v) is 8.44. The molecule has 0 bridgehead atoms. The highest BCUT2D eigenvalue weighted by Crippen LogP contribution is 2.00. The Kier molecular flexibility index (Phi) is 8.51. The Hall–Kier alpha value is -0.650. The summed E-state index contributed by atoms with van der Waals surface area (Å²) in [5.74, 6) is -0.628. The molecule has 0 aliphatic carbocycles. The molecule has 0 aliphatic heterocycles. The Morgan fingerprint density at radius 1 is 1.36 bits per heavy atom. The molecule has 5 heteroatoms. The largest absolute Gasteiger partial charge is 0.464 e. The van der Waals surface area contributed by atoms with Gasteiger partial charge in [-0.3, -0.25) is 0 Å². The van der Waals surface area contributed by atoms with Crippen LogP contribution in [0.3, 0.4) is 0 Å². The van der Waals surface area contributed by atoms with E-state index in [0.29, 0.717) is 13.0 Å². The van der Waals surface area contributed by atoms with Gasteiger partial charge in [-0.2, -0.15) is 0 Å². The molecule has 0 saturated heterocycles. The molecule has 5 nitrogen and oxygen atoms in total. The number of aliphatic hydroxyl groups is 2. The Balaban J connectivity index is 3.38. The number of hydrogen-bond acceptors (Lipinski definition) is 5. The van der Waals surface area contributed by atoms with Gasteiger partial charge < -0.3 is 19.7 Å². The summed E-state index contributed by atoms with van der Waals surface area (Å²) >= 11 is 0. The number of hydrogen-bond donors (Lipinski definition) is 2. The fourth-order valence-corrected chi connectivity index (χ4v) is 0.807. The van der Waals surface area contributed by atoms with Crippen molar-refractivity contribution in [3.63, 3.8) is 0 Å². The predicted molar refractivity (Wildman–Crippen MR) is 49.7 cm³/mol. The van der Waals surface area contributed by atoms with Crippen LogP contribution in [0.1, 0.15) is 13.3 Å². The predicted octanol–water partition coefficient (Wildman–Crippen LogP) is -0.443. The van der Waals surface area contributed by atoms with Crippen molar-refractivity contribution in [3.8, 4) is 0 Å². The zero-order chi connectivity index (χ0) is 10.8. The van der Waals surface area contributed by atoms with Crippen molar-refractivity contribution in [2.75, 3.05) is 33.0 Å². The van der Waals surface area contributed by atoms with E-state index in [1.807, 2.05) is 0 Å². The summed E-state index contributed by atoms with van der Waals surface area (Å²) in [5, 5.41) is 17.4. The molecular weight excluding hydrogens is 188 g/mol. The van der Waals surface area contributed by atoms with Crippen LogP contribution >= 0.6 is 0 Å². The molecule has 0 unspecified atom stereocenters. The molecule has 0 heterocycles. The van der Waals surface area contributed by atoms with E-state index in [0.717, 1.165) is 0 Å². The lowest BCUT2D eigenvalue weighted by Crippen LogP contribution is -2.18. The van der Waals surface area contributed by atoms with Crippen LogP contribution < -0.4 is 0 Å². The first-order valence-corrected chi connectivity index (χ1v) is 4.69. The van der Waals surface area contributed by atoms with E-state index < -0.39 is 5.97 Å². The van der Waals surface area contributed by atoms with E-state index in [4.69, 9.17) is 19.7 Å². The van der Waals surface area contributed by atoms with E-state index >= 15 is 0 Å². The van der Waals surface area contributed by atoms with Gasteiger partial charge in [0.25, 0.3) is 0 Å². The fourth-order valence-electron chi connectivity index (χ4n) is 0.807. The van der Waals surface area contributed by atoms with Gasteiger partial charge in [0.1, 0.15) is 6.61 Å². The first-order valence-electron chi connectivity index (χ1n) is 4.69. The molecule has 0 radical (unpaired) electrons. The standard InChI is InChI=1S/C9H18O5/c1-2-13-7-9(12)14-4-3-8(5-10)6-11/h8,10-11H,2-7H2,1H3. The maximum absolute atomic E-state index is 10.9. The lowest BCUT2D eigenvalue weighted by molar-refractivity contribution is -0.149. The highest BCUT2D eigenvalue weighted by molar-refractivity contribution is 5.70. The van der Waals surface area contributed by atoms with E-state index in [-0.39, 0.29) is 32.3 Å². The van der Waals surface area contributed by atoms with Gasteiger partial charge in [0.15, 0.2) is 0 Å². The number of ether oxygens (including phenoxy) is 2. The van der Waals surface area contributed by atoms with Crippen molar-refractivity contribution in [2.24, 2.45) is 5.92 Å². The van der Waals surface area contributed by atoms with Crippen LogP contribution in [0.4, 0.5) is 0 Å². The number of aliphatic hydroxyl groups excluding tert-OH is 2. The monoisotopic (exact) mass is 206 g/mol. The third-order valence-electron chi connectivity index (χ3n) is 1.73. The molecule has 0 aliphatic rings. The van der Waals surface area contributed by atoms with Crippen molar-refractivity contribution in [1.82, 2.24) is 0 Å². The number of carbonyl (C=O) groups excluding carboxylic acids is 1. The second-order valence-corrected chi connectivity index (χ2v) is 2.88. The molecule has 0 amide bonds. The van der Waals surface area contributed by atoms with Gasteiger partial charge in [0, 0.05) is 25.7 Å². The molecule has 0 spiro atoms. The summed E-state index contributed by atoms with van der Waals surface area (Å²) in [6, 6.07) is 0. The van der Waals surface area contributed by atoms with Gasteiger partial charge >= 0.3 is 5.97 Å². The molecule has 0 rings (SSSR count). The smallest absolute Gasteiger partial charge is 0.332 e. The summed E-state index contributed by atoms with van der Waals surface area (Å²) in [7, 11) is 0. The molecule has 14 heavy (non-hydrogen) atoms. The summed E-state index contributed by atoms with van der Waals surface area (Å²) < 4.78 is 9.62. The van der Waals surface area contributed by atoms with Crippen molar-refractivity contribution in [3.05, 3.63) is 0 Å². The van der Waals surface area contributed by atoms with Gasteiger partial charge in [-0.1, -0.05) is 0 Å². The summed E-state index contributed by atoms with van der Waals surface area (Å²) in [6.07, 6.45) is 0.463. The second-order valence-electron chi connectivity index (χ2n) is 2.88. The zero-order valence-electron chi connectivity index (χ0n) is 8.44. The van der Waals surface area contributed by atoms with Gasteiger partial charge in [-0.15, -0.1) is 0 Å². The second kappa shape index (κ2) is 8.93. The Bertz CT molecular complexity index is 144. The van der Waals surface area contributed by atoms with Crippen LogP contribution in [0.2, 0.25) is 0 Å². The van der Waals surface area contributed by atoms with Gasteiger partial charge in [-0.25, -0.2) is 4.79 Å². The van der Waals surface area contributed by atoms with Crippen LogP contribution in [0.25, 0.3) is 0 Å². The number of esters is 1. The Morgan fingerprint density at radius 3 is 2.50 bits per heavy atom. The van der Waals surface area contributed by atoms with Crippen LogP contribution in [-0.4, -0.2) is 49.2 Å². The lowest BCUT2D eigenvalue weighted by Gasteiger charge is -2.10. The lowest BCUT2D eigenvalue weighted by atomic mass is 10.1. The minimum Gasteiger partial charge on any atom is -0.464 e. The minimum absolute atomic E-state index is 0.0422. The summed E-state index contributed by atoms with van der Waals surface area (Å²) in [5.41, 5.74) is 0. The summed E-state index contributed by atoms with van der Waals surface area (Å²) in [6.45, 7) is 2.24. The fraction of sp³-hybridized carbons (Fsp3) is 0.889. The molecular formula is C9H18O5. The minimum atomic E-state index is -0.415. The highest BCUT2D eigenvalue weighted by atomic mass is 16.6. The number of rotatable bonds is 8. The van der Waals surface area contributed by atoms with Crippen molar-refractivity contribution in [1.29, 1.82) is 0 Å². The van der Waals surface area contributed by atoms with Crippen molar-refractivity contribution in [2.45, 2.75) is 13.3 Å². The Labute approximate surface area is 83.6 Å². The van der Waals surface area contributed by atoms with Gasteiger partial charge in [-0.05, 0) is 13.3 Å². The van der Waals surface area contributed by atoms with E-state index in [2.05, 4.69) is 0 Å². The molecule has 0 atom stereocenters. The topological polar surface area (TPSA) is 76.0 Å². The van der Waals surface area contributed by atoms with Crippen molar-refractivity contribution < 1.29 is 24.5 Å². The van der Waals surface area contributed by atoms with E-state index in [1.54, 1.807) is 6.92 Å². The molecule has 2 N–H and O–H groups in total. The SMILES string of the molecule is CCOCC(=O)OCCC(CO)CO. The molecule has 0 fully saturated rings. The van der Waals surface area contributed by atoms with Crippen LogP contribution in [0.15, 0.2) is 0 Å². The summed E-state index contributed by atoms with van der Waals surface area (Å²) in [4.78, 5) is 10.9. The molecule has 0 aromatic heterocycles. The Morgan fingerprint density at radius 2 is 2.00 bits per heavy atom. The van der Waals surface area contributed by atoms with Crippen LogP contribution in [-0.2, 0) is 14.3 Å². The number of carbonyl (C=O) groups is 1.